The minimum Gasteiger partial charge on any atom is -0.480 e. The fourth-order valence-electron chi connectivity index (χ4n) is 2.52. The lowest BCUT2D eigenvalue weighted by atomic mass is 10.1. The molecule has 7 nitrogen and oxygen atoms in total. The summed E-state index contributed by atoms with van der Waals surface area (Å²) in [4.78, 5) is 29.8. The first kappa shape index (κ1) is 23.1. The Morgan fingerprint density at radius 3 is 2.41 bits per heavy atom. The first-order chi connectivity index (χ1) is 12.7. The van der Waals surface area contributed by atoms with E-state index in [1.165, 1.54) is 0 Å². The van der Waals surface area contributed by atoms with Crippen molar-refractivity contribution in [1.82, 2.24) is 5.06 Å². The molecule has 0 aliphatic rings. The van der Waals surface area contributed by atoms with E-state index in [1.807, 2.05) is 37.3 Å². The highest BCUT2D eigenvalue weighted by molar-refractivity contribution is 7.90. The molecule has 0 unspecified atom stereocenters. The van der Waals surface area contributed by atoms with E-state index in [1.54, 1.807) is 0 Å². The largest absolute Gasteiger partial charge is 0.480 e. The normalized spacial score (nSPS) is 12.5. The highest BCUT2D eigenvalue weighted by atomic mass is 32.2. The molecule has 1 aromatic rings. The van der Waals surface area contributed by atoms with Gasteiger partial charge in [-0.25, -0.2) is 18.3 Å². The number of hydrogen-bond donors (Lipinski definition) is 1. The van der Waals surface area contributed by atoms with Gasteiger partial charge in [0.15, 0.2) is 6.04 Å². The molecule has 1 N–H and O–H groups in total. The number of amides is 1. The van der Waals surface area contributed by atoms with E-state index in [2.05, 4.69) is 0 Å². The molecule has 27 heavy (non-hydrogen) atoms. The molecule has 0 aromatic heterocycles. The van der Waals surface area contributed by atoms with Crippen LogP contribution < -0.4 is 0 Å². The lowest BCUT2D eigenvalue weighted by Gasteiger charge is -2.28. The second-order valence-corrected chi connectivity index (χ2v) is 8.78. The summed E-state index contributed by atoms with van der Waals surface area (Å²) in [7, 11) is -3.35. The Morgan fingerprint density at radius 1 is 1.19 bits per heavy atom. The van der Waals surface area contributed by atoms with E-state index in [9.17, 15) is 23.1 Å². The maximum atomic E-state index is 12.6. The smallest absolute Gasteiger partial charge is 0.329 e. The first-order valence-electron chi connectivity index (χ1n) is 9.14. The van der Waals surface area contributed by atoms with Crippen molar-refractivity contribution in [2.24, 2.45) is 0 Å². The average Bonchev–Trinajstić information content (AvgIpc) is 2.61. The number of hydroxylamine groups is 2. The Bertz CT molecular complexity index is 689. The van der Waals surface area contributed by atoms with Crippen LogP contribution in [0.5, 0.6) is 0 Å². The van der Waals surface area contributed by atoms with Crippen LogP contribution in [0.4, 0.5) is 0 Å². The number of rotatable bonds is 13. The highest BCUT2D eigenvalue weighted by Gasteiger charge is 2.31. The first-order valence-corrected chi connectivity index (χ1v) is 11.2. The molecule has 0 aliphatic carbocycles. The Kier molecular flexibility index (Phi) is 10.0. The van der Waals surface area contributed by atoms with Gasteiger partial charge in [0.2, 0.25) is 5.91 Å². The van der Waals surface area contributed by atoms with Crippen LogP contribution in [0, 0.1) is 0 Å². The molecule has 1 amide bonds. The molecule has 8 heteroatoms. The van der Waals surface area contributed by atoms with Crippen molar-refractivity contribution in [3.63, 3.8) is 0 Å². The molecular formula is C19H29NO6S. The second-order valence-electron chi connectivity index (χ2n) is 6.52. The molecule has 0 radical (unpaired) electrons. The Morgan fingerprint density at radius 2 is 1.85 bits per heavy atom. The summed E-state index contributed by atoms with van der Waals surface area (Å²) in [5, 5.41) is 10.4. The number of unbranched alkanes of at least 4 members (excludes halogenated alkanes) is 2. The van der Waals surface area contributed by atoms with Gasteiger partial charge in [0.25, 0.3) is 0 Å². The molecule has 0 fully saturated rings. The minimum atomic E-state index is -3.35. The third-order valence-electron chi connectivity index (χ3n) is 4.02. The van der Waals surface area contributed by atoms with Crippen LogP contribution in [0.2, 0.25) is 0 Å². The van der Waals surface area contributed by atoms with Gasteiger partial charge >= 0.3 is 5.97 Å². The number of aliphatic carboxylic acids is 1. The Balaban J connectivity index is 2.83. The molecule has 0 saturated heterocycles. The average molecular weight is 400 g/mol. The monoisotopic (exact) mass is 399 g/mol. The van der Waals surface area contributed by atoms with Crippen molar-refractivity contribution >= 4 is 21.7 Å². The summed E-state index contributed by atoms with van der Waals surface area (Å²) in [6, 6.07) is 8.05. The third kappa shape index (κ3) is 9.53. The van der Waals surface area contributed by atoms with E-state index < -0.39 is 27.8 Å². The number of benzene rings is 1. The van der Waals surface area contributed by atoms with Crippen molar-refractivity contribution in [2.45, 2.75) is 51.5 Å². The number of carbonyl (C=O) groups is 2. The number of hydrogen-bond acceptors (Lipinski definition) is 5. The van der Waals surface area contributed by atoms with Gasteiger partial charge in [-0.3, -0.25) is 9.63 Å². The summed E-state index contributed by atoms with van der Waals surface area (Å²) in [6.45, 7) is 2.24. The molecule has 1 atom stereocenters. The van der Waals surface area contributed by atoms with Gasteiger partial charge in [-0.15, -0.1) is 0 Å². The third-order valence-corrected chi connectivity index (χ3v) is 5.00. The molecule has 152 valence electrons. The van der Waals surface area contributed by atoms with E-state index in [4.69, 9.17) is 4.84 Å². The highest BCUT2D eigenvalue weighted by Crippen LogP contribution is 2.13. The van der Waals surface area contributed by atoms with Crippen LogP contribution in [0.15, 0.2) is 30.3 Å². The van der Waals surface area contributed by atoms with Gasteiger partial charge in [-0.05, 0) is 24.8 Å². The second kappa shape index (κ2) is 11.7. The van der Waals surface area contributed by atoms with E-state index >= 15 is 0 Å². The molecule has 0 heterocycles. The van der Waals surface area contributed by atoms with Crippen molar-refractivity contribution in [3.05, 3.63) is 35.9 Å². The molecule has 0 bridgehead atoms. The van der Waals surface area contributed by atoms with Crippen LogP contribution in [0.1, 0.15) is 44.6 Å². The Labute approximate surface area is 161 Å². The number of nitrogens with zero attached hydrogens (tertiary/aromatic N) is 1. The van der Waals surface area contributed by atoms with Gasteiger partial charge in [-0.2, -0.15) is 0 Å². The van der Waals surface area contributed by atoms with Gasteiger partial charge in [0.1, 0.15) is 9.84 Å². The number of carbonyl (C=O) groups excluding carboxylic acids is 1. The Hall–Kier alpha value is -1.93. The zero-order chi connectivity index (χ0) is 20.3. The maximum absolute atomic E-state index is 12.6. The summed E-state index contributed by atoms with van der Waals surface area (Å²) in [6.07, 6.45) is 3.91. The molecule has 1 aromatic carbocycles. The van der Waals surface area contributed by atoms with Crippen LogP contribution in [0.3, 0.4) is 0 Å². The predicted molar refractivity (Wildman–Crippen MR) is 103 cm³/mol. The van der Waals surface area contributed by atoms with Crippen molar-refractivity contribution in [3.8, 4) is 0 Å². The minimum absolute atomic E-state index is 0.0838. The predicted octanol–water partition coefficient (Wildman–Crippen LogP) is 2.46. The fraction of sp³-hybridized carbons (Fsp3) is 0.579. The number of sulfone groups is 1. The van der Waals surface area contributed by atoms with E-state index in [-0.39, 0.29) is 25.2 Å². The van der Waals surface area contributed by atoms with Gasteiger partial charge in [0.05, 0.1) is 12.4 Å². The van der Waals surface area contributed by atoms with Crippen molar-refractivity contribution < 1.29 is 28.0 Å². The van der Waals surface area contributed by atoms with E-state index in [0.717, 1.165) is 29.7 Å². The summed E-state index contributed by atoms with van der Waals surface area (Å²) in [5.74, 6) is -2.07. The lowest BCUT2D eigenvalue weighted by molar-refractivity contribution is -0.207. The summed E-state index contributed by atoms with van der Waals surface area (Å²) < 4.78 is 22.8. The molecule has 0 aliphatic heterocycles. The standard InChI is InChI=1S/C19H29NO6S/c1-3-4-8-14-26-20(17(19(22)23)13-15-27(2,24)25)18(21)12-11-16-9-6-5-7-10-16/h5-7,9-10,17H,3-4,8,11-15H2,1-2H3,(H,22,23)/t17-/m0/s1. The molecule has 1 rings (SSSR count). The zero-order valence-corrected chi connectivity index (χ0v) is 16.8. The van der Waals surface area contributed by atoms with Crippen LogP contribution in [0.25, 0.3) is 0 Å². The zero-order valence-electron chi connectivity index (χ0n) is 16.0. The maximum Gasteiger partial charge on any atom is 0.329 e. The fourth-order valence-corrected chi connectivity index (χ4v) is 3.18. The van der Waals surface area contributed by atoms with Crippen LogP contribution in [-0.2, 0) is 30.7 Å². The van der Waals surface area contributed by atoms with Gasteiger partial charge < -0.3 is 5.11 Å². The van der Waals surface area contributed by atoms with Crippen molar-refractivity contribution in [1.29, 1.82) is 0 Å². The molecule has 0 spiro atoms. The summed E-state index contributed by atoms with van der Waals surface area (Å²) >= 11 is 0. The summed E-state index contributed by atoms with van der Waals surface area (Å²) in [5.41, 5.74) is 0.958. The lowest BCUT2D eigenvalue weighted by Crippen LogP contribution is -2.46. The quantitative estimate of drug-likeness (QED) is 0.404. The molecule has 0 saturated carbocycles. The van der Waals surface area contributed by atoms with Crippen molar-refractivity contribution in [2.75, 3.05) is 18.6 Å². The van der Waals surface area contributed by atoms with Gasteiger partial charge in [0, 0.05) is 12.7 Å². The number of aryl methyl sites for hydroxylation is 1. The molecular weight excluding hydrogens is 370 g/mol. The topological polar surface area (TPSA) is 101 Å². The van der Waals surface area contributed by atoms with Gasteiger partial charge in [-0.1, -0.05) is 50.1 Å². The van der Waals surface area contributed by atoms with E-state index in [0.29, 0.717) is 12.8 Å². The number of carboxylic acid groups (broad SMARTS) is 1. The van der Waals surface area contributed by atoms with Crippen LogP contribution >= 0.6 is 0 Å². The van der Waals surface area contributed by atoms with Crippen LogP contribution in [-0.4, -0.2) is 55.1 Å². The SMILES string of the molecule is CCCCCON(C(=O)CCc1ccccc1)[C@@H](CCS(C)(=O)=O)C(=O)O. The number of carboxylic acids is 1.